The molecule has 2 N–H and O–H groups in total. The van der Waals surface area contributed by atoms with Gasteiger partial charge in [-0.2, -0.15) is 13.2 Å². The molecule has 3 rings (SSSR count). The van der Waals surface area contributed by atoms with Crippen LogP contribution in [0, 0.1) is 0 Å². The van der Waals surface area contributed by atoms with Crippen molar-refractivity contribution in [2.45, 2.75) is 18.7 Å². The van der Waals surface area contributed by atoms with Gasteiger partial charge < -0.3 is 10.5 Å². The lowest BCUT2D eigenvalue weighted by Gasteiger charge is -2.26. The lowest BCUT2D eigenvalue weighted by molar-refractivity contribution is -0.141. The van der Waals surface area contributed by atoms with Crippen LogP contribution in [-0.4, -0.2) is 18.1 Å². The second-order valence-electron chi connectivity index (χ2n) is 5.25. The van der Waals surface area contributed by atoms with Gasteiger partial charge in [-0.15, -0.1) is 0 Å². The predicted octanol–water partition coefficient (Wildman–Crippen LogP) is 3.34. The van der Waals surface area contributed by atoms with Gasteiger partial charge in [-0.1, -0.05) is 18.2 Å². The van der Waals surface area contributed by atoms with E-state index in [1.807, 2.05) is 12.1 Å². The van der Waals surface area contributed by atoms with E-state index in [0.717, 1.165) is 22.8 Å². The maximum Gasteiger partial charge on any atom is 0.433 e. The average molecular weight is 308 g/mol. The van der Waals surface area contributed by atoms with Gasteiger partial charge in [0.15, 0.2) is 0 Å². The summed E-state index contributed by atoms with van der Waals surface area (Å²) in [6.45, 7) is 1.36. The maximum atomic E-state index is 12.8. The van der Waals surface area contributed by atoms with E-state index in [1.54, 1.807) is 12.1 Å². The Morgan fingerprint density at radius 2 is 2.09 bits per heavy atom. The Bertz CT molecular complexity index is 685. The first kappa shape index (κ1) is 15.0. The van der Waals surface area contributed by atoms with E-state index in [4.69, 9.17) is 10.5 Å². The zero-order valence-corrected chi connectivity index (χ0v) is 11.7. The topological polar surface area (TPSA) is 48.1 Å². The summed E-state index contributed by atoms with van der Waals surface area (Å²) in [4.78, 5) is 3.40. The van der Waals surface area contributed by atoms with Gasteiger partial charge >= 0.3 is 6.18 Å². The first-order valence-electron chi connectivity index (χ1n) is 6.94. The fourth-order valence-corrected chi connectivity index (χ4v) is 2.76. The van der Waals surface area contributed by atoms with E-state index in [9.17, 15) is 13.2 Å². The Hall–Kier alpha value is -1.92. The molecule has 22 heavy (non-hydrogen) atoms. The van der Waals surface area contributed by atoms with Crippen LogP contribution < -0.4 is 5.73 Å². The molecule has 6 heteroatoms. The molecule has 2 aromatic rings. The van der Waals surface area contributed by atoms with Gasteiger partial charge in [0.25, 0.3) is 0 Å². The molecule has 2 heterocycles. The summed E-state index contributed by atoms with van der Waals surface area (Å²) in [5.41, 5.74) is 8.04. The number of rotatable bonds is 2. The molecule has 1 aromatic heterocycles. The number of halogens is 3. The number of hydrogen-bond acceptors (Lipinski definition) is 3. The van der Waals surface area contributed by atoms with E-state index >= 15 is 0 Å². The van der Waals surface area contributed by atoms with E-state index in [1.165, 1.54) is 6.20 Å². The smallest absolute Gasteiger partial charge is 0.376 e. The van der Waals surface area contributed by atoms with Gasteiger partial charge in [0, 0.05) is 18.7 Å². The van der Waals surface area contributed by atoms with Crippen molar-refractivity contribution in [1.29, 1.82) is 0 Å². The van der Waals surface area contributed by atoms with Crippen LogP contribution in [0.3, 0.4) is 0 Å². The molecule has 0 spiro atoms. The molecule has 1 atom stereocenters. The Kier molecular flexibility index (Phi) is 3.88. The van der Waals surface area contributed by atoms with Crippen molar-refractivity contribution in [1.82, 2.24) is 4.98 Å². The number of aromatic nitrogens is 1. The fraction of sp³-hybridized carbons (Fsp3) is 0.312. The van der Waals surface area contributed by atoms with E-state index in [0.29, 0.717) is 25.3 Å². The van der Waals surface area contributed by atoms with Gasteiger partial charge in [-0.3, -0.25) is 4.98 Å². The summed E-state index contributed by atoms with van der Waals surface area (Å²) in [7, 11) is 0. The van der Waals surface area contributed by atoms with Gasteiger partial charge in [0.05, 0.1) is 13.2 Å². The van der Waals surface area contributed by atoms with Crippen molar-refractivity contribution < 1.29 is 17.9 Å². The molecule has 3 nitrogen and oxygen atoms in total. The van der Waals surface area contributed by atoms with Crippen LogP contribution in [0.15, 0.2) is 36.5 Å². The highest BCUT2D eigenvalue weighted by atomic mass is 19.4. The third-order valence-electron chi connectivity index (χ3n) is 3.86. The van der Waals surface area contributed by atoms with Crippen LogP contribution in [0.2, 0.25) is 0 Å². The SMILES string of the molecule is NCC1COCc2c(-c3ccnc(C(F)(F)F)c3)cccc21. The van der Waals surface area contributed by atoms with Crippen LogP contribution in [0.4, 0.5) is 13.2 Å². The minimum Gasteiger partial charge on any atom is -0.376 e. The average Bonchev–Trinajstić information content (AvgIpc) is 2.53. The monoisotopic (exact) mass is 308 g/mol. The molecule has 0 amide bonds. The fourth-order valence-electron chi connectivity index (χ4n) is 2.76. The molecule has 1 aliphatic heterocycles. The van der Waals surface area contributed by atoms with Gasteiger partial charge in [0.2, 0.25) is 0 Å². The lowest BCUT2D eigenvalue weighted by atomic mass is 9.88. The van der Waals surface area contributed by atoms with Gasteiger partial charge in [0.1, 0.15) is 5.69 Å². The molecule has 0 radical (unpaired) electrons. The number of fused-ring (bicyclic) bond motifs is 1. The number of nitrogens with two attached hydrogens (primary N) is 1. The van der Waals surface area contributed by atoms with Crippen LogP contribution >= 0.6 is 0 Å². The maximum absolute atomic E-state index is 12.8. The van der Waals surface area contributed by atoms with Crippen LogP contribution in [0.5, 0.6) is 0 Å². The standard InChI is InChI=1S/C16H15F3N2O/c17-16(18,19)15-6-10(4-5-21-15)12-2-1-3-13-11(7-20)8-22-9-14(12)13/h1-6,11H,7-9,20H2. The summed E-state index contributed by atoms with van der Waals surface area (Å²) in [5, 5.41) is 0. The summed E-state index contributed by atoms with van der Waals surface area (Å²) in [5.74, 6) is 0.0765. The summed E-state index contributed by atoms with van der Waals surface area (Å²) < 4.78 is 44.0. The molecule has 0 aliphatic carbocycles. The molecule has 0 saturated carbocycles. The molecule has 0 saturated heterocycles. The zero-order valence-electron chi connectivity index (χ0n) is 11.7. The third-order valence-corrected chi connectivity index (χ3v) is 3.86. The summed E-state index contributed by atoms with van der Waals surface area (Å²) >= 11 is 0. The van der Waals surface area contributed by atoms with Gasteiger partial charge in [-0.05, 0) is 34.4 Å². The molecule has 1 aromatic carbocycles. The van der Waals surface area contributed by atoms with E-state index < -0.39 is 11.9 Å². The first-order valence-corrected chi connectivity index (χ1v) is 6.94. The number of hydrogen-bond donors (Lipinski definition) is 1. The minimum atomic E-state index is -4.46. The van der Waals surface area contributed by atoms with E-state index in [-0.39, 0.29) is 5.92 Å². The van der Waals surface area contributed by atoms with E-state index in [2.05, 4.69) is 4.98 Å². The molecule has 116 valence electrons. The largest absolute Gasteiger partial charge is 0.433 e. The number of pyridine rings is 1. The zero-order chi connectivity index (χ0) is 15.7. The number of benzene rings is 1. The third kappa shape index (κ3) is 2.71. The molecule has 0 fully saturated rings. The highest BCUT2D eigenvalue weighted by Gasteiger charge is 2.33. The number of alkyl halides is 3. The predicted molar refractivity (Wildman–Crippen MR) is 76.1 cm³/mol. The minimum absolute atomic E-state index is 0.0765. The number of ether oxygens (including phenoxy) is 1. The van der Waals surface area contributed by atoms with Crippen molar-refractivity contribution in [2.75, 3.05) is 13.2 Å². The second kappa shape index (κ2) is 5.70. The van der Waals surface area contributed by atoms with Crippen molar-refractivity contribution in [3.63, 3.8) is 0 Å². The molecule has 1 unspecified atom stereocenters. The molecular formula is C16H15F3N2O. The molecule has 0 bridgehead atoms. The Morgan fingerprint density at radius 3 is 2.82 bits per heavy atom. The van der Waals surface area contributed by atoms with Crippen molar-refractivity contribution in [3.05, 3.63) is 53.3 Å². The van der Waals surface area contributed by atoms with Crippen LogP contribution in [0.1, 0.15) is 22.7 Å². The molecule has 1 aliphatic rings. The Morgan fingerprint density at radius 1 is 1.27 bits per heavy atom. The van der Waals surface area contributed by atoms with Crippen LogP contribution in [0.25, 0.3) is 11.1 Å². The van der Waals surface area contributed by atoms with Crippen molar-refractivity contribution >= 4 is 0 Å². The highest BCUT2D eigenvalue weighted by molar-refractivity contribution is 5.69. The van der Waals surface area contributed by atoms with Gasteiger partial charge in [-0.25, -0.2) is 0 Å². The van der Waals surface area contributed by atoms with Crippen molar-refractivity contribution in [3.8, 4) is 11.1 Å². The lowest BCUT2D eigenvalue weighted by Crippen LogP contribution is -2.24. The summed E-state index contributed by atoms with van der Waals surface area (Å²) in [6, 6.07) is 8.26. The Labute approximate surface area is 125 Å². The quantitative estimate of drug-likeness (QED) is 0.925. The second-order valence-corrected chi connectivity index (χ2v) is 5.25. The molecular weight excluding hydrogens is 293 g/mol. The normalized spacial score (nSPS) is 18.1. The number of nitrogens with zero attached hydrogens (tertiary/aromatic N) is 1. The Balaban J connectivity index is 2.10. The summed E-state index contributed by atoms with van der Waals surface area (Å²) in [6.07, 6.45) is -3.28. The highest BCUT2D eigenvalue weighted by Crippen LogP contribution is 2.36. The van der Waals surface area contributed by atoms with Crippen LogP contribution in [-0.2, 0) is 17.5 Å². The first-order chi connectivity index (χ1) is 10.5. The van der Waals surface area contributed by atoms with Crippen molar-refractivity contribution in [2.24, 2.45) is 5.73 Å².